The highest BCUT2D eigenvalue weighted by atomic mass is 16.2. The van der Waals surface area contributed by atoms with Crippen LogP contribution >= 0.6 is 0 Å². The summed E-state index contributed by atoms with van der Waals surface area (Å²) in [5.41, 5.74) is 2.72. The molecule has 0 radical (unpaired) electrons. The number of aromatic nitrogens is 2. The second-order valence-corrected chi connectivity index (χ2v) is 9.75. The molecule has 1 aromatic heterocycles. The Hall–Kier alpha value is -2.63. The molecule has 2 atom stereocenters. The average Bonchev–Trinajstić information content (AvgIpc) is 3.21. The lowest BCUT2D eigenvalue weighted by Gasteiger charge is -2.38. The number of carbonyl (C=O) groups excluding carboxylic acids is 2. The van der Waals surface area contributed by atoms with Crippen molar-refractivity contribution in [2.75, 3.05) is 6.54 Å². The normalized spacial score (nSPS) is 22.3. The molecule has 6 nitrogen and oxygen atoms in total. The molecule has 2 amide bonds. The first-order valence-corrected chi connectivity index (χ1v) is 10.9. The first-order valence-electron chi connectivity index (χ1n) is 10.9. The van der Waals surface area contributed by atoms with E-state index in [1.807, 2.05) is 36.5 Å². The minimum absolute atomic E-state index is 0.0131. The zero-order valence-electron chi connectivity index (χ0n) is 18.4. The Morgan fingerprint density at radius 3 is 2.40 bits per heavy atom. The summed E-state index contributed by atoms with van der Waals surface area (Å²) in [6, 6.07) is 7.91. The third-order valence-electron chi connectivity index (χ3n) is 6.49. The van der Waals surface area contributed by atoms with Crippen molar-refractivity contribution in [3.8, 4) is 0 Å². The summed E-state index contributed by atoms with van der Waals surface area (Å²) in [7, 11) is 1.88. The number of rotatable bonds is 5. The number of hydrogen-bond acceptors (Lipinski definition) is 3. The molecule has 4 rings (SSSR count). The third-order valence-corrected chi connectivity index (χ3v) is 6.49. The maximum atomic E-state index is 12.9. The van der Waals surface area contributed by atoms with Crippen LogP contribution in [0, 0.1) is 5.92 Å². The van der Waals surface area contributed by atoms with Crippen LogP contribution in [0.4, 0.5) is 0 Å². The van der Waals surface area contributed by atoms with E-state index in [0.717, 1.165) is 5.56 Å². The summed E-state index contributed by atoms with van der Waals surface area (Å²) in [5.74, 6) is 0.719. The first kappa shape index (κ1) is 20.6. The van der Waals surface area contributed by atoms with Gasteiger partial charge in [0, 0.05) is 48.8 Å². The number of nitrogens with one attached hydrogen (secondary N) is 1. The minimum Gasteiger partial charge on any atom is -0.352 e. The Bertz CT molecular complexity index is 921. The summed E-state index contributed by atoms with van der Waals surface area (Å²) in [4.78, 5) is 27.6. The van der Waals surface area contributed by atoms with Crippen LogP contribution in [0.15, 0.2) is 36.7 Å². The fraction of sp³-hybridized carbons (Fsp3) is 0.542. The van der Waals surface area contributed by atoms with E-state index in [2.05, 4.69) is 43.3 Å². The summed E-state index contributed by atoms with van der Waals surface area (Å²) >= 11 is 0. The highest BCUT2D eigenvalue weighted by Crippen LogP contribution is 2.42. The van der Waals surface area contributed by atoms with Crippen molar-refractivity contribution in [2.45, 2.75) is 64.0 Å². The Morgan fingerprint density at radius 1 is 1.17 bits per heavy atom. The second-order valence-electron chi connectivity index (χ2n) is 9.75. The molecule has 1 saturated heterocycles. The number of carbonyl (C=O) groups is 2. The molecular weight excluding hydrogens is 376 g/mol. The quantitative estimate of drug-likeness (QED) is 0.818. The zero-order valence-corrected chi connectivity index (χ0v) is 18.4. The van der Waals surface area contributed by atoms with Gasteiger partial charge in [-0.1, -0.05) is 18.6 Å². The number of likely N-dealkylation sites (tertiary alicyclic amines) is 1. The third kappa shape index (κ3) is 4.00. The molecule has 6 heteroatoms. The summed E-state index contributed by atoms with van der Waals surface area (Å²) in [6.45, 7) is 6.62. The van der Waals surface area contributed by atoms with Gasteiger partial charge >= 0.3 is 0 Å². The SMILES string of the molecule is Cn1cc([C@H]2[C@H](CNC(=O)c3ccc(C4CCC4)cc3)CC(=O)N2C(C)(C)C)cn1. The smallest absolute Gasteiger partial charge is 0.251 e. The lowest BCUT2D eigenvalue weighted by molar-refractivity contribution is -0.133. The number of aryl methyl sites for hydroxylation is 1. The van der Waals surface area contributed by atoms with E-state index in [-0.39, 0.29) is 29.3 Å². The molecule has 0 unspecified atom stereocenters. The number of benzene rings is 1. The van der Waals surface area contributed by atoms with Crippen LogP contribution < -0.4 is 5.32 Å². The lowest BCUT2D eigenvalue weighted by Crippen LogP contribution is -2.44. The van der Waals surface area contributed by atoms with Crippen LogP contribution in [0.1, 0.15) is 79.9 Å². The van der Waals surface area contributed by atoms with E-state index in [4.69, 9.17) is 0 Å². The molecule has 2 heterocycles. The predicted octanol–water partition coefficient (Wildman–Crippen LogP) is 3.81. The molecule has 2 aromatic rings. The molecule has 0 spiro atoms. The van der Waals surface area contributed by atoms with Crippen LogP contribution in [0.2, 0.25) is 0 Å². The zero-order chi connectivity index (χ0) is 21.5. The van der Waals surface area contributed by atoms with E-state index in [1.54, 1.807) is 4.68 Å². The van der Waals surface area contributed by atoms with Crippen molar-refractivity contribution in [1.29, 1.82) is 0 Å². The van der Waals surface area contributed by atoms with Gasteiger partial charge < -0.3 is 10.2 Å². The standard InChI is InChI=1S/C24H32N4O2/c1-24(2,3)28-21(29)12-19(22(28)20-14-26-27(4)15-20)13-25-23(30)18-10-8-17(9-11-18)16-6-5-7-16/h8-11,14-16,19,22H,5-7,12-13H2,1-4H3,(H,25,30)/t19-,22+/m0/s1. The van der Waals surface area contributed by atoms with Crippen LogP contribution in [-0.2, 0) is 11.8 Å². The van der Waals surface area contributed by atoms with Crippen molar-refractivity contribution in [3.05, 3.63) is 53.3 Å². The lowest BCUT2D eigenvalue weighted by atomic mass is 9.80. The second kappa shape index (κ2) is 7.89. The maximum Gasteiger partial charge on any atom is 0.251 e. The molecule has 2 aliphatic rings. The van der Waals surface area contributed by atoms with E-state index >= 15 is 0 Å². The Balaban J connectivity index is 1.47. The van der Waals surface area contributed by atoms with E-state index in [0.29, 0.717) is 24.4 Å². The van der Waals surface area contributed by atoms with Crippen molar-refractivity contribution in [3.63, 3.8) is 0 Å². The Kier molecular flexibility index (Phi) is 5.43. The van der Waals surface area contributed by atoms with E-state index < -0.39 is 0 Å². The predicted molar refractivity (Wildman–Crippen MR) is 116 cm³/mol. The monoisotopic (exact) mass is 408 g/mol. The molecular formula is C24H32N4O2. The number of hydrogen-bond donors (Lipinski definition) is 1. The number of nitrogens with zero attached hydrogens (tertiary/aromatic N) is 3. The van der Waals surface area contributed by atoms with Crippen molar-refractivity contribution < 1.29 is 9.59 Å². The van der Waals surface area contributed by atoms with Gasteiger partial charge in [-0.3, -0.25) is 14.3 Å². The Labute approximate surface area is 178 Å². The van der Waals surface area contributed by atoms with Crippen LogP contribution in [0.25, 0.3) is 0 Å². The topological polar surface area (TPSA) is 67.2 Å². The molecule has 30 heavy (non-hydrogen) atoms. The van der Waals surface area contributed by atoms with Gasteiger partial charge in [0.25, 0.3) is 5.91 Å². The minimum atomic E-state index is -0.298. The average molecular weight is 409 g/mol. The maximum absolute atomic E-state index is 12.9. The molecule has 1 aromatic carbocycles. The van der Waals surface area contributed by atoms with Crippen molar-refractivity contribution in [2.24, 2.45) is 13.0 Å². The van der Waals surface area contributed by atoms with Gasteiger partial charge in [-0.15, -0.1) is 0 Å². The highest BCUT2D eigenvalue weighted by molar-refractivity contribution is 5.94. The van der Waals surface area contributed by atoms with Gasteiger partial charge in [-0.2, -0.15) is 5.10 Å². The van der Waals surface area contributed by atoms with Crippen molar-refractivity contribution in [1.82, 2.24) is 20.0 Å². The first-order chi connectivity index (χ1) is 14.2. The molecule has 0 bridgehead atoms. The molecule has 1 N–H and O–H groups in total. The van der Waals surface area contributed by atoms with Gasteiger partial charge in [0.1, 0.15) is 0 Å². The number of amides is 2. The largest absolute Gasteiger partial charge is 0.352 e. The summed E-state index contributed by atoms with van der Waals surface area (Å²) in [5, 5.41) is 7.38. The summed E-state index contributed by atoms with van der Waals surface area (Å²) < 4.78 is 1.76. The van der Waals surface area contributed by atoms with Gasteiger partial charge in [-0.25, -0.2) is 0 Å². The fourth-order valence-corrected chi connectivity index (χ4v) is 4.76. The molecule has 160 valence electrons. The Morgan fingerprint density at radius 2 is 1.87 bits per heavy atom. The molecule has 1 aliphatic heterocycles. The molecule has 1 saturated carbocycles. The van der Waals surface area contributed by atoms with E-state index in [9.17, 15) is 9.59 Å². The van der Waals surface area contributed by atoms with Crippen molar-refractivity contribution >= 4 is 11.8 Å². The van der Waals surface area contributed by atoms with Crippen LogP contribution in [0.3, 0.4) is 0 Å². The highest BCUT2D eigenvalue weighted by Gasteiger charge is 2.45. The fourth-order valence-electron chi connectivity index (χ4n) is 4.76. The van der Waals surface area contributed by atoms with E-state index in [1.165, 1.54) is 24.8 Å². The van der Waals surface area contributed by atoms with Gasteiger partial charge in [-0.05, 0) is 57.2 Å². The summed E-state index contributed by atoms with van der Waals surface area (Å²) in [6.07, 6.45) is 8.03. The molecule has 2 fully saturated rings. The van der Waals surface area contributed by atoms with Gasteiger partial charge in [0.2, 0.25) is 5.91 Å². The molecule has 1 aliphatic carbocycles. The van der Waals surface area contributed by atoms with Crippen LogP contribution in [-0.4, -0.2) is 38.6 Å². The van der Waals surface area contributed by atoms with Gasteiger partial charge in [0.05, 0.1) is 12.2 Å². The van der Waals surface area contributed by atoms with Crippen LogP contribution in [0.5, 0.6) is 0 Å². The van der Waals surface area contributed by atoms with Gasteiger partial charge in [0.15, 0.2) is 0 Å².